The maximum Gasteiger partial charge on any atom is 0.251 e. The Hall–Kier alpha value is -1.55. The molecule has 1 aromatic carbocycles. The van der Waals surface area contributed by atoms with Crippen LogP contribution in [-0.2, 0) is 0 Å². The third-order valence-electron chi connectivity index (χ3n) is 6.12. The number of fused-ring (bicyclic) bond motifs is 3. The molecule has 1 saturated heterocycles. The van der Waals surface area contributed by atoms with Crippen molar-refractivity contribution in [2.24, 2.45) is 11.3 Å². The molecule has 4 nitrogen and oxygen atoms in total. The van der Waals surface area contributed by atoms with Crippen molar-refractivity contribution in [2.45, 2.75) is 51.6 Å². The van der Waals surface area contributed by atoms with Crippen LogP contribution >= 0.6 is 0 Å². The van der Waals surface area contributed by atoms with Gasteiger partial charge in [-0.25, -0.2) is 0 Å². The van der Waals surface area contributed by atoms with Crippen molar-refractivity contribution in [2.75, 3.05) is 19.6 Å². The molecule has 0 spiro atoms. The average Bonchev–Trinajstić information content (AvgIpc) is 2.98. The van der Waals surface area contributed by atoms with Gasteiger partial charge in [0.2, 0.25) is 0 Å². The van der Waals surface area contributed by atoms with Crippen LogP contribution in [0, 0.1) is 11.3 Å². The van der Waals surface area contributed by atoms with Gasteiger partial charge in [-0.3, -0.25) is 4.79 Å². The number of ether oxygens (including phenoxy) is 1. The molecule has 2 atom stereocenters. The van der Waals surface area contributed by atoms with Crippen LogP contribution in [0.1, 0.15) is 61.4 Å². The van der Waals surface area contributed by atoms with Gasteiger partial charge in [0.25, 0.3) is 5.91 Å². The Morgan fingerprint density at radius 2 is 1.92 bits per heavy atom. The predicted molar refractivity (Wildman–Crippen MR) is 94.5 cm³/mol. The lowest BCUT2D eigenvalue weighted by molar-refractivity contribution is 0.0942. The highest BCUT2D eigenvalue weighted by Crippen LogP contribution is 2.38. The van der Waals surface area contributed by atoms with E-state index in [0.29, 0.717) is 17.3 Å². The van der Waals surface area contributed by atoms with Crippen LogP contribution in [0.2, 0.25) is 0 Å². The molecule has 3 aliphatic rings. The minimum Gasteiger partial charge on any atom is -0.490 e. The van der Waals surface area contributed by atoms with Crippen molar-refractivity contribution < 1.29 is 9.53 Å². The maximum absolute atomic E-state index is 12.5. The first-order valence-electron chi connectivity index (χ1n) is 9.31. The first-order chi connectivity index (χ1) is 11.5. The maximum atomic E-state index is 12.5. The summed E-state index contributed by atoms with van der Waals surface area (Å²) in [5.41, 5.74) is 2.43. The zero-order valence-electron chi connectivity index (χ0n) is 14.7. The summed E-state index contributed by atoms with van der Waals surface area (Å²) in [4.78, 5) is 12.5. The summed E-state index contributed by atoms with van der Waals surface area (Å²) in [6, 6.07) is 6.14. The van der Waals surface area contributed by atoms with E-state index in [2.05, 4.69) is 36.6 Å². The lowest BCUT2D eigenvalue weighted by atomic mass is 9.76. The van der Waals surface area contributed by atoms with Gasteiger partial charge in [-0.2, -0.15) is 0 Å². The zero-order valence-corrected chi connectivity index (χ0v) is 14.7. The van der Waals surface area contributed by atoms with Gasteiger partial charge in [-0.05, 0) is 54.7 Å². The highest BCUT2D eigenvalue weighted by Gasteiger charge is 2.34. The van der Waals surface area contributed by atoms with E-state index in [-0.39, 0.29) is 12.0 Å². The summed E-state index contributed by atoms with van der Waals surface area (Å²) in [5.74, 6) is 1.83. The van der Waals surface area contributed by atoms with E-state index >= 15 is 0 Å². The van der Waals surface area contributed by atoms with Crippen LogP contribution in [0.25, 0.3) is 0 Å². The first kappa shape index (κ1) is 15.9. The van der Waals surface area contributed by atoms with Gasteiger partial charge in [0.15, 0.2) is 0 Å². The first-order valence-corrected chi connectivity index (χ1v) is 9.31. The van der Waals surface area contributed by atoms with E-state index in [9.17, 15) is 4.79 Å². The number of rotatable bonds is 2. The number of nitrogens with one attached hydrogen (secondary N) is 2. The molecule has 2 unspecified atom stereocenters. The van der Waals surface area contributed by atoms with E-state index in [4.69, 9.17) is 4.74 Å². The van der Waals surface area contributed by atoms with Crippen LogP contribution in [-0.4, -0.2) is 31.6 Å². The van der Waals surface area contributed by atoms with Crippen LogP contribution in [0.15, 0.2) is 18.2 Å². The fourth-order valence-corrected chi connectivity index (χ4v) is 4.44. The monoisotopic (exact) mass is 328 g/mol. The second-order valence-electron chi connectivity index (χ2n) is 8.47. The highest BCUT2D eigenvalue weighted by atomic mass is 16.5. The van der Waals surface area contributed by atoms with E-state index in [1.165, 1.54) is 18.4 Å². The number of benzene rings is 1. The fraction of sp³-hybridized carbons (Fsp3) is 0.650. The molecular formula is C20H28N2O2. The molecule has 4 heteroatoms. The van der Waals surface area contributed by atoms with Gasteiger partial charge >= 0.3 is 0 Å². The van der Waals surface area contributed by atoms with Crippen molar-refractivity contribution in [3.63, 3.8) is 0 Å². The third-order valence-corrected chi connectivity index (χ3v) is 6.12. The summed E-state index contributed by atoms with van der Waals surface area (Å²) < 4.78 is 6.22. The Bertz CT molecular complexity index is 631. The van der Waals surface area contributed by atoms with Gasteiger partial charge in [-0.15, -0.1) is 0 Å². The van der Waals surface area contributed by atoms with Crippen LogP contribution in [0.5, 0.6) is 5.75 Å². The number of amides is 1. The molecule has 1 amide bonds. The summed E-state index contributed by atoms with van der Waals surface area (Å²) in [7, 11) is 0. The van der Waals surface area contributed by atoms with Crippen molar-refractivity contribution in [1.82, 2.24) is 10.6 Å². The largest absolute Gasteiger partial charge is 0.490 e. The molecule has 0 radical (unpaired) electrons. The molecule has 1 aliphatic carbocycles. The Labute approximate surface area is 144 Å². The van der Waals surface area contributed by atoms with Gasteiger partial charge in [0, 0.05) is 31.1 Å². The zero-order chi connectivity index (χ0) is 16.7. The Balaban J connectivity index is 1.53. The quantitative estimate of drug-likeness (QED) is 0.877. The predicted octanol–water partition coefficient (Wildman–Crippen LogP) is 3.08. The Morgan fingerprint density at radius 3 is 2.71 bits per heavy atom. The summed E-state index contributed by atoms with van der Waals surface area (Å²) in [5, 5.41) is 6.53. The average molecular weight is 328 g/mol. The van der Waals surface area contributed by atoms with Gasteiger partial charge in [-0.1, -0.05) is 19.9 Å². The summed E-state index contributed by atoms with van der Waals surface area (Å²) in [6.45, 7) is 7.38. The molecule has 2 fully saturated rings. The van der Waals surface area contributed by atoms with Crippen molar-refractivity contribution >= 4 is 5.91 Å². The van der Waals surface area contributed by atoms with Gasteiger partial charge in [0.05, 0.1) is 6.10 Å². The number of carbonyl (C=O) groups is 1. The minimum atomic E-state index is 0.0506. The SMILES string of the molecule is CC1(C)CCC(Oc2ccc3c(c2)C(=O)NCC2CNCC32)CC1. The minimum absolute atomic E-state index is 0.0506. The molecule has 1 aromatic rings. The van der Waals surface area contributed by atoms with Crippen LogP contribution in [0.4, 0.5) is 0 Å². The van der Waals surface area contributed by atoms with Crippen LogP contribution in [0.3, 0.4) is 0 Å². The summed E-state index contributed by atoms with van der Waals surface area (Å²) in [6.07, 6.45) is 4.90. The van der Waals surface area contributed by atoms with Crippen molar-refractivity contribution in [3.8, 4) is 5.75 Å². The van der Waals surface area contributed by atoms with Crippen LogP contribution < -0.4 is 15.4 Å². The molecule has 0 aromatic heterocycles. The normalized spacial score (nSPS) is 29.3. The summed E-state index contributed by atoms with van der Waals surface area (Å²) >= 11 is 0. The molecule has 4 rings (SSSR count). The van der Waals surface area contributed by atoms with Crippen molar-refractivity contribution in [1.29, 1.82) is 0 Å². The standard InChI is InChI=1S/C20H28N2O2/c1-20(2)7-5-14(6-8-20)24-15-3-4-16-17(9-15)19(23)22-11-13-10-21-12-18(13)16/h3-4,9,13-14,18,21H,5-8,10-12H2,1-2H3,(H,22,23). The van der Waals surface area contributed by atoms with E-state index in [0.717, 1.165) is 43.8 Å². The molecular weight excluding hydrogens is 300 g/mol. The Kier molecular flexibility index (Phi) is 4.03. The second-order valence-corrected chi connectivity index (χ2v) is 8.47. The molecule has 2 heterocycles. The number of hydrogen-bond acceptors (Lipinski definition) is 3. The molecule has 24 heavy (non-hydrogen) atoms. The van der Waals surface area contributed by atoms with Gasteiger partial charge < -0.3 is 15.4 Å². The molecule has 1 saturated carbocycles. The van der Waals surface area contributed by atoms with Crippen molar-refractivity contribution in [3.05, 3.63) is 29.3 Å². The van der Waals surface area contributed by atoms with E-state index in [1.807, 2.05) is 6.07 Å². The number of hydrogen-bond donors (Lipinski definition) is 2. The smallest absolute Gasteiger partial charge is 0.251 e. The topological polar surface area (TPSA) is 50.4 Å². The molecule has 0 bridgehead atoms. The fourth-order valence-electron chi connectivity index (χ4n) is 4.44. The third kappa shape index (κ3) is 3.04. The Morgan fingerprint density at radius 1 is 1.12 bits per heavy atom. The molecule has 130 valence electrons. The molecule has 2 aliphatic heterocycles. The lowest BCUT2D eigenvalue weighted by Gasteiger charge is -2.34. The van der Waals surface area contributed by atoms with Gasteiger partial charge in [0.1, 0.15) is 5.75 Å². The lowest BCUT2D eigenvalue weighted by Crippen LogP contribution is -2.29. The number of carbonyl (C=O) groups excluding carboxylic acids is 1. The molecule has 2 N–H and O–H groups in total. The van der Waals surface area contributed by atoms with E-state index in [1.54, 1.807) is 0 Å². The highest BCUT2D eigenvalue weighted by molar-refractivity contribution is 5.96. The second kappa shape index (κ2) is 6.07. The van der Waals surface area contributed by atoms with E-state index < -0.39 is 0 Å².